The van der Waals surface area contributed by atoms with Crippen molar-refractivity contribution in [2.75, 3.05) is 7.11 Å². The number of carboxylic acid groups (broad SMARTS) is 1. The molecule has 0 saturated carbocycles. The van der Waals surface area contributed by atoms with E-state index in [4.69, 9.17) is 9.84 Å². The van der Waals surface area contributed by atoms with Gasteiger partial charge in [-0.3, -0.25) is 4.79 Å². The molecule has 0 fully saturated rings. The van der Waals surface area contributed by atoms with Crippen molar-refractivity contribution < 1.29 is 14.6 Å². The summed E-state index contributed by atoms with van der Waals surface area (Å²) in [6, 6.07) is 7.53. The van der Waals surface area contributed by atoms with E-state index in [-0.39, 0.29) is 6.42 Å². The van der Waals surface area contributed by atoms with Crippen molar-refractivity contribution in [1.29, 1.82) is 0 Å². The Morgan fingerprint density at radius 1 is 1.50 bits per heavy atom. The highest BCUT2D eigenvalue weighted by atomic mass is 16.5. The van der Waals surface area contributed by atoms with E-state index >= 15 is 0 Å². The SMILES string of the molecule is COc1cccc(-c2nccn2CCC(=O)O)c1. The molecule has 2 aromatic rings. The molecule has 0 saturated heterocycles. The van der Waals surface area contributed by atoms with Crippen molar-refractivity contribution in [2.24, 2.45) is 0 Å². The van der Waals surface area contributed by atoms with Crippen LogP contribution in [0.4, 0.5) is 0 Å². The fourth-order valence-electron chi connectivity index (χ4n) is 1.73. The zero-order valence-corrected chi connectivity index (χ0v) is 10.0. The minimum Gasteiger partial charge on any atom is -0.497 e. The van der Waals surface area contributed by atoms with Gasteiger partial charge in [0.25, 0.3) is 0 Å². The molecule has 2 rings (SSSR count). The first kappa shape index (κ1) is 12.2. The maximum Gasteiger partial charge on any atom is 0.305 e. The molecule has 0 aliphatic carbocycles. The Hall–Kier alpha value is -2.30. The number of hydrogen-bond acceptors (Lipinski definition) is 3. The summed E-state index contributed by atoms with van der Waals surface area (Å²) in [4.78, 5) is 14.8. The number of aryl methyl sites for hydroxylation is 1. The van der Waals surface area contributed by atoms with E-state index in [1.807, 2.05) is 28.8 Å². The maximum atomic E-state index is 10.6. The van der Waals surface area contributed by atoms with Crippen LogP contribution in [0.3, 0.4) is 0 Å². The molecular weight excluding hydrogens is 232 g/mol. The third-order valence-corrected chi connectivity index (χ3v) is 2.61. The smallest absolute Gasteiger partial charge is 0.305 e. The van der Waals surface area contributed by atoms with E-state index in [0.717, 1.165) is 17.1 Å². The average molecular weight is 246 g/mol. The number of nitrogens with zero attached hydrogens (tertiary/aromatic N) is 2. The summed E-state index contributed by atoms with van der Waals surface area (Å²) in [6.45, 7) is 0.405. The Morgan fingerprint density at radius 2 is 2.33 bits per heavy atom. The molecule has 1 heterocycles. The van der Waals surface area contributed by atoms with E-state index in [1.54, 1.807) is 19.5 Å². The largest absolute Gasteiger partial charge is 0.497 e. The summed E-state index contributed by atoms with van der Waals surface area (Å²) >= 11 is 0. The Labute approximate surface area is 105 Å². The summed E-state index contributed by atoms with van der Waals surface area (Å²) in [5, 5.41) is 8.70. The number of ether oxygens (including phenoxy) is 1. The quantitative estimate of drug-likeness (QED) is 0.876. The first-order valence-electron chi connectivity index (χ1n) is 5.58. The van der Waals surface area contributed by atoms with Gasteiger partial charge in [-0.1, -0.05) is 12.1 Å². The van der Waals surface area contributed by atoms with E-state index < -0.39 is 5.97 Å². The minimum atomic E-state index is -0.819. The van der Waals surface area contributed by atoms with Crippen LogP contribution in [0.5, 0.6) is 5.75 Å². The highest BCUT2D eigenvalue weighted by Crippen LogP contribution is 2.22. The lowest BCUT2D eigenvalue weighted by molar-refractivity contribution is -0.137. The van der Waals surface area contributed by atoms with Crippen LogP contribution < -0.4 is 4.74 Å². The lowest BCUT2D eigenvalue weighted by atomic mass is 10.2. The van der Waals surface area contributed by atoms with Gasteiger partial charge < -0.3 is 14.4 Å². The first-order valence-corrected chi connectivity index (χ1v) is 5.58. The molecule has 0 radical (unpaired) electrons. The minimum absolute atomic E-state index is 0.0767. The van der Waals surface area contributed by atoms with Crippen molar-refractivity contribution in [3.63, 3.8) is 0 Å². The zero-order chi connectivity index (χ0) is 13.0. The van der Waals surface area contributed by atoms with Gasteiger partial charge >= 0.3 is 5.97 Å². The Bertz CT molecular complexity index is 549. The summed E-state index contributed by atoms with van der Waals surface area (Å²) < 4.78 is 6.98. The Balaban J connectivity index is 2.27. The molecule has 0 unspecified atom stereocenters. The second-order valence-corrected chi connectivity index (χ2v) is 3.82. The first-order chi connectivity index (χ1) is 8.70. The second-order valence-electron chi connectivity index (χ2n) is 3.82. The normalized spacial score (nSPS) is 10.3. The monoisotopic (exact) mass is 246 g/mol. The molecule has 5 nitrogen and oxygen atoms in total. The molecule has 0 atom stereocenters. The number of imidazole rings is 1. The van der Waals surface area contributed by atoms with Crippen molar-refractivity contribution >= 4 is 5.97 Å². The van der Waals surface area contributed by atoms with Crippen LogP contribution in [0.2, 0.25) is 0 Å². The van der Waals surface area contributed by atoms with E-state index in [2.05, 4.69) is 4.98 Å². The zero-order valence-electron chi connectivity index (χ0n) is 10.0. The van der Waals surface area contributed by atoms with E-state index in [0.29, 0.717) is 6.54 Å². The van der Waals surface area contributed by atoms with E-state index in [1.165, 1.54) is 0 Å². The highest BCUT2D eigenvalue weighted by molar-refractivity contribution is 5.66. The number of carbonyl (C=O) groups is 1. The third-order valence-electron chi connectivity index (χ3n) is 2.61. The number of carboxylic acids is 1. The van der Waals surface area contributed by atoms with Crippen LogP contribution in [-0.4, -0.2) is 27.7 Å². The highest BCUT2D eigenvalue weighted by Gasteiger charge is 2.08. The number of aliphatic carboxylic acids is 1. The number of rotatable bonds is 5. The van der Waals surface area contributed by atoms with Crippen LogP contribution in [0.15, 0.2) is 36.7 Å². The Kier molecular flexibility index (Phi) is 3.62. The molecule has 18 heavy (non-hydrogen) atoms. The maximum absolute atomic E-state index is 10.6. The predicted octanol–water partition coefficient (Wildman–Crippen LogP) is 2.03. The van der Waals surface area contributed by atoms with Crippen LogP contribution in [0, 0.1) is 0 Å². The van der Waals surface area contributed by atoms with Gasteiger partial charge in [0.1, 0.15) is 11.6 Å². The number of aromatic nitrogens is 2. The fourth-order valence-corrected chi connectivity index (χ4v) is 1.73. The van der Waals surface area contributed by atoms with Gasteiger partial charge in [-0.2, -0.15) is 0 Å². The molecule has 0 bridgehead atoms. The van der Waals surface area contributed by atoms with Gasteiger partial charge in [-0.15, -0.1) is 0 Å². The molecule has 94 valence electrons. The predicted molar refractivity (Wildman–Crippen MR) is 66.5 cm³/mol. The van der Waals surface area contributed by atoms with Gasteiger partial charge in [0.15, 0.2) is 0 Å². The number of methoxy groups -OCH3 is 1. The molecule has 0 amide bonds. The van der Waals surface area contributed by atoms with Gasteiger partial charge in [0.2, 0.25) is 0 Å². The van der Waals surface area contributed by atoms with Crippen molar-refractivity contribution in [1.82, 2.24) is 9.55 Å². The van der Waals surface area contributed by atoms with Crippen LogP contribution in [-0.2, 0) is 11.3 Å². The summed E-state index contributed by atoms with van der Waals surface area (Å²) in [6.07, 6.45) is 3.52. The van der Waals surface area contributed by atoms with Crippen molar-refractivity contribution in [3.8, 4) is 17.1 Å². The second kappa shape index (κ2) is 5.35. The molecule has 0 aliphatic heterocycles. The molecule has 1 aromatic carbocycles. The molecule has 1 aromatic heterocycles. The standard InChI is InChI=1S/C13H14N2O3/c1-18-11-4-2-3-10(9-11)13-14-6-8-15(13)7-5-12(16)17/h2-4,6,8-9H,5,7H2,1H3,(H,16,17). The van der Waals surface area contributed by atoms with Gasteiger partial charge in [0, 0.05) is 24.5 Å². The number of hydrogen-bond donors (Lipinski definition) is 1. The van der Waals surface area contributed by atoms with Crippen molar-refractivity contribution in [2.45, 2.75) is 13.0 Å². The van der Waals surface area contributed by atoms with Crippen LogP contribution in [0.25, 0.3) is 11.4 Å². The average Bonchev–Trinajstić information content (AvgIpc) is 2.84. The summed E-state index contributed by atoms with van der Waals surface area (Å²) in [5.74, 6) is 0.677. The molecular formula is C13H14N2O3. The summed E-state index contributed by atoms with van der Waals surface area (Å²) in [5.41, 5.74) is 0.907. The van der Waals surface area contributed by atoms with Gasteiger partial charge in [-0.25, -0.2) is 4.98 Å². The van der Waals surface area contributed by atoms with Crippen LogP contribution in [0.1, 0.15) is 6.42 Å². The van der Waals surface area contributed by atoms with E-state index in [9.17, 15) is 4.79 Å². The lowest BCUT2D eigenvalue weighted by Gasteiger charge is -2.07. The van der Waals surface area contributed by atoms with Crippen LogP contribution >= 0.6 is 0 Å². The number of benzene rings is 1. The topological polar surface area (TPSA) is 64.4 Å². The fraction of sp³-hybridized carbons (Fsp3) is 0.231. The van der Waals surface area contributed by atoms with Gasteiger partial charge in [0.05, 0.1) is 13.5 Å². The van der Waals surface area contributed by atoms with Crippen molar-refractivity contribution in [3.05, 3.63) is 36.7 Å². The molecule has 1 N–H and O–H groups in total. The molecule has 0 aliphatic rings. The molecule has 5 heteroatoms. The summed E-state index contributed by atoms with van der Waals surface area (Å²) in [7, 11) is 1.61. The third kappa shape index (κ3) is 2.68. The molecule has 0 spiro atoms. The lowest BCUT2D eigenvalue weighted by Crippen LogP contribution is -2.05. The Morgan fingerprint density at radius 3 is 3.06 bits per heavy atom. The van der Waals surface area contributed by atoms with Gasteiger partial charge in [-0.05, 0) is 12.1 Å².